The van der Waals surface area contributed by atoms with Gasteiger partial charge in [-0.25, -0.2) is 4.98 Å². The third-order valence-corrected chi connectivity index (χ3v) is 2.29. The second kappa shape index (κ2) is 4.72. The van der Waals surface area contributed by atoms with Gasteiger partial charge in [0.1, 0.15) is 5.02 Å². The van der Waals surface area contributed by atoms with Crippen molar-refractivity contribution in [2.24, 2.45) is 0 Å². The number of alkyl halides is 3. The van der Waals surface area contributed by atoms with Gasteiger partial charge in [0.25, 0.3) is 0 Å². The van der Waals surface area contributed by atoms with Crippen LogP contribution in [0.2, 0.25) is 5.02 Å². The van der Waals surface area contributed by atoms with Crippen molar-refractivity contribution in [2.45, 2.75) is 11.9 Å². The first-order chi connectivity index (χ1) is 6.15. The number of nitrogens with zero attached hydrogens (tertiary/aromatic N) is 1. The zero-order chi connectivity index (χ0) is 9.84. The van der Waals surface area contributed by atoms with Gasteiger partial charge in [0, 0.05) is 11.5 Å². The molecular formula is C7H5BrClF2NO. The number of hydrogen-bond acceptors (Lipinski definition) is 2. The fourth-order valence-corrected chi connectivity index (χ4v) is 1.58. The molecular weight excluding hydrogens is 267 g/mol. The van der Waals surface area contributed by atoms with Crippen LogP contribution in [-0.2, 0) is 5.33 Å². The quantitative estimate of drug-likeness (QED) is 0.788. The third-order valence-electron chi connectivity index (χ3n) is 1.28. The zero-order valence-corrected chi connectivity index (χ0v) is 8.65. The number of pyridine rings is 1. The van der Waals surface area contributed by atoms with E-state index in [-0.39, 0.29) is 10.9 Å². The van der Waals surface area contributed by atoms with Crippen LogP contribution >= 0.6 is 27.5 Å². The molecule has 2 nitrogen and oxygen atoms in total. The molecule has 0 spiro atoms. The number of ether oxygens (including phenoxy) is 1. The Bertz CT molecular complexity index is 298. The van der Waals surface area contributed by atoms with Crippen LogP contribution in [0.3, 0.4) is 0 Å². The van der Waals surface area contributed by atoms with Crippen LogP contribution in [0, 0.1) is 0 Å². The molecule has 0 radical (unpaired) electrons. The molecule has 0 aliphatic rings. The van der Waals surface area contributed by atoms with E-state index in [1.807, 2.05) is 0 Å². The van der Waals surface area contributed by atoms with Crippen molar-refractivity contribution in [1.82, 2.24) is 4.98 Å². The molecule has 0 unspecified atom stereocenters. The average Bonchev–Trinajstić information content (AvgIpc) is 2.08. The lowest BCUT2D eigenvalue weighted by Crippen LogP contribution is -2.04. The minimum absolute atomic E-state index is 0.111. The summed E-state index contributed by atoms with van der Waals surface area (Å²) in [5.41, 5.74) is 0.660. The van der Waals surface area contributed by atoms with E-state index in [1.165, 1.54) is 6.20 Å². The van der Waals surface area contributed by atoms with Gasteiger partial charge in [-0.2, -0.15) is 8.78 Å². The largest absolute Gasteiger partial charge is 0.415 e. The summed E-state index contributed by atoms with van der Waals surface area (Å²) in [6, 6.07) is 1.62. The minimum Gasteiger partial charge on any atom is -0.415 e. The predicted octanol–water partition coefficient (Wildman–Crippen LogP) is 3.23. The van der Waals surface area contributed by atoms with Crippen molar-refractivity contribution in [3.8, 4) is 5.88 Å². The van der Waals surface area contributed by atoms with Crippen molar-refractivity contribution in [1.29, 1.82) is 0 Å². The molecule has 0 amide bonds. The molecule has 0 atom stereocenters. The van der Waals surface area contributed by atoms with Gasteiger partial charge in [-0.3, -0.25) is 0 Å². The van der Waals surface area contributed by atoms with Crippen molar-refractivity contribution in [2.75, 3.05) is 0 Å². The second-order valence-corrected chi connectivity index (χ2v) is 3.04. The zero-order valence-electron chi connectivity index (χ0n) is 6.31. The third kappa shape index (κ3) is 2.77. The van der Waals surface area contributed by atoms with E-state index in [0.717, 1.165) is 0 Å². The summed E-state index contributed by atoms with van der Waals surface area (Å²) in [5, 5.41) is 0.577. The Morgan fingerprint density at radius 2 is 2.31 bits per heavy atom. The van der Waals surface area contributed by atoms with Crippen molar-refractivity contribution < 1.29 is 13.5 Å². The summed E-state index contributed by atoms with van der Waals surface area (Å²) in [5.74, 6) is -0.242. The first-order valence-corrected chi connectivity index (χ1v) is 4.79. The highest BCUT2D eigenvalue weighted by Crippen LogP contribution is 2.27. The molecule has 0 aliphatic heterocycles. The lowest BCUT2D eigenvalue weighted by atomic mass is 10.3. The van der Waals surface area contributed by atoms with Crippen LogP contribution in [0.15, 0.2) is 12.3 Å². The van der Waals surface area contributed by atoms with Crippen LogP contribution in [0.4, 0.5) is 8.78 Å². The van der Waals surface area contributed by atoms with E-state index in [4.69, 9.17) is 11.6 Å². The number of aromatic nitrogens is 1. The average molecular weight is 272 g/mol. The molecule has 1 aromatic heterocycles. The van der Waals surface area contributed by atoms with Crippen LogP contribution in [-0.4, -0.2) is 11.6 Å². The Morgan fingerprint density at radius 3 is 2.85 bits per heavy atom. The summed E-state index contributed by atoms with van der Waals surface area (Å²) in [4.78, 5) is 3.57. The molecule has 0 saturated heterocycles. The number of hydrogen-bond donors (Lipinski definition) is 0. The van der Waals surface area contributed by atoms with Crippen LogP contribution in [0.1, 0.15) is 5.56 Å². The van der Waals surface area contributed by atoms with Crippen LogP contribution < -0.4 is 4.74 Å². The molecule has 13 heavy (non-hydrogen) atoms. The molecule has 1 rings (SSSR count). The summed E-state index contributed by atoms with van der Waals surface area (Å²) in [6.45, 7) is -2.91. The van der Waals surface area contributed by atoms with Gasteiger partial charge >= 0.3 is 6.61 Å². The molecule has 1 heterocycles. The molecule has 0 saturated carbocycles. The molecule has 6 heteroatoms. The maximum Gasteiger partial charge on any atom is 0.388 e. The van der Waals surface area contributed by atoms with E-state index < -0.39 is 6.61 Å². The van der Waals surface area contributed by atoms with Gasteiger partial charge in [-0.15, -0.1) is 0 Å². The molecule has 0 N–H and O–H groups in total. The summed E-state index contributed by atoms with van der Waals surface area (Å²) < 4.78 is 27.7. The highest BCUT2D eigenvalue weighted by molar-refractivity contribution is 9.08. The van der Waals surface area contributed by atoms with Crippen LogP contribution in [0.25, 0.3) is 0 Å². The first kappa shape index (κ1) is 10.7. The molecule has 72 valence electrons. The van der Waals surface area contributed by atoms with E-state index in [1.54, 1.807) is 6.07 Å². The highest BCUT2D eigenvalue weighted by atomic mass is 79.9. The maximum atomic E-state index is 11.8. The first-order valence-electron chi connectivity index (χ1n) is 3.29. The molecule has 0 bridgehead atoms. The monoisotopic (exact) mass is 271 g/mol. The number of rotatable bonds is 3. The topological polar surface area (TPSA) is 22.1 Å². The van der Waals surface area contributed by atoms with Crippen LogP contribution in [0.5, 0.6) is 5.88 Å². The van der Waals surface area contributed by atoms with Crippen molar-refractivity contribution >= 4 is 27.5 Å². The standard InChI is InChI=1S/C7H5BrClF2NO/c8-3-4-1-2-12-6(5(4)9)13-7(10)11/h1-2,7H,3H2. The lowest BCUT2D eigenvalue weighted by Gasteiger charge is -2.06. The second-order valence-electron chi connectivity index (χ2n) is 2.10. The van der Waals surface area contributed by atoms with E-state index in [0.29, 0.717) is 10.9 Å². The Labute approximate surface area is 87.0 Å². The SMILES string of the molecule is FC(F)Oc1nccc(CBr)c1Cl. The number of halogens is 4. The van der Waals surface area contributed by atoms with Gasteiger partial charge in [-0.05, 0) is 11.6 Å². The van der Waals surface area contributed by atoms with E-state index >= 15 is 0 Å². The van der Waals surface area contributed by atoms with Gasteiger partial charge in [0.15, 0.2) is 0 Å². The van der Waals surface area contributed by atoms with E-state index in [9.17, 15) is 8.78 Å². The highest BCUT2D eigenvalue weighted by Gasteiger charge is 2.12. The fraction of sp³-hybridized carbons (Fsp3) is 0.286. The summed E-state index contributed by atoms with van der Waals surface area (Å²) >= 11 is 8.86. The normalized spacial score (nSPS) is 10.5. The van der Waals surface area contributed by atoms with Crippen molar-refractivity contribution in [3.63, 3.8) is 0 Å². The van der Waals surface area contributed by atoms with Gasteiger partial charge in [-0.1, -0.05) is 27.5 Å². The van der Waals surface area contributed by atoms with Gasteiger partial charge in [0.2, 0.25) is 5.88 Å². The summed E-state index contributed by atoms with van der Waals surface area (Å²) in [6.07, 6.45) is 1.36. The lowest BCUT2D eigenvalue weighted by molar-refractivity contribution is -0.0528. The van der Waals surface area contributed by atoms with Gasteiger partial charge < -0.3 is 4.74 Å². The molecule has 0 aliphatic carbocycles. The Kier molecular flexibility index (Phi) is 3.87. The predicted molar refractivity (Wildman–Crippen MR) is 48.5 cm³/mol. The summed E-state index contributed by atoms with van der Waals surface area (Å²) in [7, 11) is 0. The van der Waals surface area contributed by atoms with Crippen molar-refractivity contribution in [3.05, 3.63) is 22.8 Å². The molecule has 0 aromatic carbocycles. The smallest absolute Gasteiger partial charge is 0.388 e. The Hall–Kier alpha value is -0.420. The molecule has 0 fully saturated rings. The maximum absolute atomic E-state index is 11.8. The minimum atomic E-state index is -2.91. The molecule has 1 aromatic rings. The fourth-order valence-electron chi connectivity index (χ4n) is 0.732. The van der Waals surface area contributed by atoms with Gasteiger partial charge in [0.05, 0.1) is 0 Å². The Morgan fingerprint density at radius 1 is 1.62 bits per heavy atom. The van der Waals surface area contributed by atoms with E-state index in [2.05, 4.69) is 25.7 Å². The Balaban J connectivity index is 2.94.